The van der Waals surface area contributed by atoms with E-state index in [4.69, 9.17) is 0 Å². The molecule has 0 atom stereocenters. The third-order valence-electron chi connectivity index (χ3n) is 3.35. The summed E-state index contributed by atoms with van der Waals surface area (Å²) in [5, 5.41) is 0. The van der Waals surface area contributed by atoms with Crippen molar-refractivity contribution >= 4 is 0 Å². The fraction of sp³-hybridized carbons (Fsp3) is 0.412. The molecule has 0 unspecified atom stereocenters. The summed E-state index contributed by atoms with van der Waals surface area (Å²) in [6.45, 7) is 26.3. The van der Waals surface area contributed by atoms with Crippen LogP contribution in [0.5, 0.6) is 0 Å². The highest BCUT2D eigenvalue weighted by atomic mass is 79.9. The lowest BCUT2D eigenvalue weighted by atomic mass is 10.2. The summed E-state index contributed by atoms with van der Waals surface area (Å²) >= 11 is 0. The highest BCUT2D eigenvalue weighted by molar-refractivity contribution is 4.76. The maximum Gasteiger partial charge on any atom is 0.129 e. The molecule has 0 heterocycles. The second-order valence-corrected chi connectivity index (χ2v) is 4.96. The normalized spacial score (nSPS) is 9.95. The first kappa shape index (κ1) is 25.5. The van der Waals surface area contributed by atoms with Crippen LogP contribution in [0.15, 0.2) is 63.3 Å². The zero-order chi connectivity index (χ0) is 14.6. The molecule has 0 aliphatic heterocycles. The van der Waals surface area contributed by atoms with Crippen molar-refractivity contribution in [1.82, 2.24) is 0 Å². The van der Waals surface area contributed by atoms with E-state index in [1.165, 1.54) is 4.90 Å². The van der Waals surface area contributed by atoms with Gasteiger partial charge in [0.2, 0.25) is 0 Å². The molecule has 2 nitrogen and oxygen atoms in total. The first-order valence-corrected chi connectivity index (χ1v) is 6.91. The smallest absolute Gasteiger partial charge is 0.129 e. The second kappa shape index (κ2) is 16.0. The van der Waals surface area contributed by atoms with E-state index in [0.717, 1.165) is 50.3 Å². The number of rotatable bonds is 13. The van der Waals surface area contributed by atoms with Crippen molar-refractivity contribution in [1.29, 1.82) is 0 Å². The molecule has 0 aliphatic rings. The van der Waals surface area contributed by atoms with Crippen LogP contribution in [0.1, 0.15) is 0 Å². The lowest BCUT2D eigenvalue weighted by Crippen LogP contribution is -3.12. The quantitative estimate of drug-likeness (QED) is 0.226. The Hall–Kier alpha value is -0.420. The SMILES string of the molecule is C=CC[NH+](CC=C)CC[N+](CC=C)(CC=C)CC=C.[Br-].[Br-]. The zero-order valence-corrected chi connectivity index (χ0v) is 16.2. The van der Waals surface area contributed by atoms with Gasteiger partial charge in [0.1, 0.15) is 13.1 Å². The van der Waals surface area contributed by atoms with Crippen LogP contribution in [0.4, 0.5) is 0 Å². The molecule has 1 N–H and O–H groups in total. The van der Waals surface area contributed by atoms with Crippen LogP contribution in [0, 0.1) is 0 Å². The van der Waals surface area contributed by atoms with Gasteiger partial charge in [-0.15, -0.1) is 0 Å². The first-order valence-electron chi connectivity index (χ1n) is 6.91. The fourth-order valence-corrected chi connectivity index (χ4v) is 2.41. The second-order valence-electron chi connectivity index (χ2n) is 4.96. The Morgan fingerprint density at radius 2 is 1.05 bits per heavy atom. The van der Waals surface area contributed by atoms with Crippen molar-refractivity contribution in [2.45, 2.75) is 0 Å². The summed E-state index contributed by atoms with van der Waals surface area (Å²) in [7, 11) is 0. The Morgan fingerprint density at radius 3 is 1.33 bits per heavy atom. The number of hydrogen-bond acceptors (Lipinski definition) is 0. The summed E-state index contributed by atoms with van der Waals surface area (Å²) in [5.41, 5.74) is 0. The van der Waals surface area contributed by atoms with Crippen molar-refractivity contribution in [3.63, 3.8) is 0 Å². The van der Waals surface area contributed by atoms with Crippen LogP contribution in [-0.2, 0) is 0 Å². The molecule has 21 heavy (non-hydrogen) atoms. The highest BCUT2D eigenvalue weighted by Crippen LogP contribution is 2.06. The maximum atomic E-state index is 3.89. The van der Waals surface area contributed by atoms with Crippen molar-refractivity contribution in [3.8, 4) is 0 Å². The molecule has 0 fully saturated rings. The minimum atomic E-state index is 0. The van der Waals surface area contributed by atoms with Crippen molar-refractivity contribution < 1.29 is 43.3 Å². The predicted molar refractivity (Wildman–Crippen MR) is 86.3 cm³/mol. The summed E-state index contributed by atoms with van der Waals surface area (Å²) in [6, 6.07) is 0. The van der Waals surface area contributed by atoms with E-state index >= 15 is 0 Å². The molecule has 0 aliphatic carbocycles. The van der Waals surface area contributed by atoms with E-state index in [1.54, 1.807) is 0 Å². The molecule has 0 bridgehead atoms. The molecule has 0 amide bonds. The monoisotopic (exact) mass is 420 g/mol. The summed E-state index contributed by atoms with van der Waals surface area (Å²) in [6.07, 6.45) is 9.93. The minimum Gasteiger partial charge on any atom is -1.00 e. The third-order valence-corrected chi connectivity index (χ3v) is 3.35. The zero-order valence-electron chi connectivity index (χ0n) is 13.1. The lowest BCUT2D eigenvalue weighted by Gasteiger charge is -2.36. The van der Waals surface area contributed by atoms with Crippen LogP contribution in [-0.4, -0.2) is 50.3 Å². The molecule has 0 aromatic rings. The van der Waals surface area contributed by atoms with Crippen LogP contribution >= 0.6 is 0 Å². The van der Waals surface area contributed by atoms with E-state index in [9.17, 15) is 0 Å². The Kier molecular flexibility index (Phi) is 19.4. The molecule has 0 rings (SSSR count). The summed E-state index contributed by atoms with van der Waals surface area (Å²) in [5.74, 6) is 0. The Balaban J connectivity index is -0.00000162. The number of nitrogens with zero attached hydrogens (tertiary/aromatic N) is 1. The molecule has 0 aromatic heterocycles. The van der Waals surface area contributed by atoms with Gasteiger partial charge in [0.25, 0.3) is 0 Å². The Bertz CT molecular complexity index is 277. The molecular formula is C17H30Br2N2. The van der Waals surface area contributed by atoms with Gasteiger partial charge in [-0.25, -0.2) is 0 Å². The van der Waals surface area contributed by atoms with Gasteiger partial charge in [-0.2, -0.15) is 0 Å². The van der Waals surface area contributed by atoms with Crippen molar-refractivity contribution in [2.24, 2.45) is 0 Å². The van der Waals surface area contributed by atoms with Gasteiger partial charge in [0.15, 0.2) is 0 Å². The highest BCUT2D eigenvalue weighted by Gasteiger charge is 2.24. The Labute approximate surface area is 152 Å². The van der Waals surface area contributed by atoms with Gasteiger partial charge in [-0.05, 0) is 30.4 Å². The molecule has 0 spiro atoms. The van der Waals surface area contributed by atoms with Gasteiger partial charge in [-0.1, -0.05) is 32.9 Å². The third kappa shape index (κ3) is 10.9. The van der Waals surface area contributed by atoms with E-state index in [0.29, 0.717) is 0 Å². The average molecular weight is 422 g/mol. The van der Waals surface area contributed by atoms with E-state index < -0.39 is 0 Å². The average Bonchev–Trinajstić information content (AvgIpc) is 2.37. The van der Waals surface area contributed by atoms with E-state index in [-0.39, 0.29) is 34.0 Å². The minimum absolute atomic E-state index is 0. The molecule has 0 saturated carbocycles. The largest absolute Gasteiger partial charge is 1.00 e. The van der Waals surface area contributed by atoms with Gasteiger partial charge >= 0.3 is 0 Å². The predicted octanol–water partition coefficient (Wildman–Crippen LogP) is -4.37. The van der Waals surface area contributed by atoms with Gasteiger partial charge in [0, 0.05) is 0 Å². The maximum absolute atomic E-state index is 3.89. The molecular weight excluding hydrogens is 392 g/mol. The van der Waals surface area contributed by atoms with Crippen LogP contribution in [0.25, 0.3) is 0 Å². The molecule has 0 aromatic carbocycles. The number of halogens is 2. The van der Waals surface area contributed by atoms with Crippen LogP contribution < -0.4 is 38.9 Å². The fourth-order valence-electron chi connectivity index (χ4n) is 2.41. The molecule has 4 heteroatoms. The van der Waals surface area contributed by atoms with Gasteiger partial charge in [-0.3, -0.25) is 0 Å². The number of hydrogen-bond donors (Lipinski definition) is 1. The first-order chi connectivity index (χ1) is 9.17. The van der Waals surface area contributed by atoms with E-state index in [1.807, 2.05) is 30.4 Å². The summed E-state index contributed by atoms with van der Waals surface area (Å²) < 4.78 is 0.953. The van der Waals surface area contributed by atoms with Crippen LogP contribution in [0.2, 0.25) is 0 Å². The van der Waals surface area contributed by atoms with E-state index in [2.05, 4.69) is 32.9 Å². The Morgan fingerprint density at radius 1 is 0.667 bits per heavy atom. The van der Waals surface area contributed by atoms with Gasteiger partial charge < -0.3 is 43.3 Å². The lowest BCUT2D eigenvalue weighted by molar-refractivity contribution is -0.957. The molecule has 122 valence electrons. The van der Waals surface area contributed by atoms with Crippen molar-refractivity contribution in [2.75, 3.05) is 45.8 Å². The number of nitrogens with one attached hydrogen (secondary N) is 1. The molecule has 0 radical (unpaired) electrons. The molecule has 0 saturated heterocycles. The standard InChI is InChI=1S/C17H29N2.2BrH/c1-6-11-18(12-7-2)13-17-19(14-8-3,15-9-4)16-10-5;;/h6-10H,1-5,11-17H2;2*1H/q+1;;/p-1. The van der Waals surface area contributed by atoms with Crippen molar-refractivity contribution in [3.05, 3.63) is 63.3 Å². The van der Waals surface area contributed by atoms with Crippen LogP contribution in [0.3, 0.4) is 0 Å². The van der Waals surface area contributed by atoms with Gasteiger partial charge in [0.05, 0.1) is 32.7 Å². The topological polar surface area (TPSA) is 4.44 Å². The number of quaternary nitrogens is 2. The summed E-state index contributed by atoms with van der Waals surface area (Å²) in [4.78, 5) is 1.49.